The average molecular weight is 393 g/mol. The standard InChI is InChI=1S/C10H16N8OS4/c11-17-7-13-15-9(17)22-5-6-23-10-16-14-8(18(10)12)21-4-2-19-1-3-20-7/h1-6,11-12H2. The highest BCUT2D eigenvalue weighted by atomic mass is 32.2. The first-order valence-corrected chi connectivity index (χ1v) is 10.7. The van der Waals surface area contributed by atoms with Crippen LogP contribution in [0.4, 0.5) is 0 Å². The number of hydrogen-bond donors (Lipinski definition) is 2. The monoisotopic (exact) mass is 392 g/mol. The molecule has 2 aromatic heterocycles. The summed E-state index contributed by atoms with van der Waals surface area (Å²) < 4.78 is 8.64. The summed E-state index contributed by atoms with van der Waals surface area (Å²) in [6, 6.07) is 0. The summed E-state index contributed by atoms with van der Waals surface area (Å²) in [6.07, 6.45) is 0. The summed E-state index contributed by atoms with van der Waals surface area (Å²) in [4.78, 5) is 0. The normalized spacial score (nSPS) is 17.7. The molecule has 4 N–H and O–H groups in total. The smallest absolute Gasteiger partial charge is 0.210 e. The van der Waals surface area contributed by atoms with Crippen LogP contribution in [0.3, 0.4) is 0 Å². The van der Waals surface area contributed by atoms with Crippen LogP contribution in [-0.2, 0) is 4.74 Å². The zero-order valence-electron chi connectivity index (χ0n) is 12.1. The van der Waals surface area contributed by atoms with Gasteiger partial charge in [-0.05, 0) is 0 Å². The lowest BCUT2D eigenvalue weighted by Gasteiger charge is -2.04. The zero-order chi connectivity index (χ0) is 16.1. The highest BCUT2D eigenvalue weighted by Crippen LogP contribution is 2.25. The van der Waals surface area contributed by atoms with Gasteiger partial charge >= 0.3 is 0 Å². The third kappa shape index (κ3) is 4.41. The molecule has 4 bridgehead atoms. The number of nitrogen functional groups attached to an aromatic ring is 2. The molecular weight excluding hydrogens is 376 g/mol. The number of nitrogens with two attached hydrogens (primary N) is 2. The Morgan fingerprint density at radius 2 is 1.00 bits per heavy atom. The average Bonchev–Trinajstić information content (AvgIpc) is 3.07. The van der Waals surface area contributed by atoms with Crippen molar-refractivity contribution in [3.63, 3.8) is 0 Å². The third-order valence-electron chi connectivity index (χ3n) is 2.73. The summed E-state index contributed by atoms with van der Waals surface area (Å²) in [5.74, 6) is 15.2. The lowest BCUT2D eigenvalue weighted by molar-refractivity contribution is 0.167. The Kier molecular flexibility index (Phi) is 6.21. The summed E-state index contributed by atoms with van der Waals surface area (Å²) in [5.41, 5.74) is 0. The van der Waals surface area contributed by atoms with E-state index in [0.717, 1.165) is 23.0 Å². The van der Waals surface area contributed by atoms with E-state index in [2.05, 4.69) is 20.4 Å². The van der Waals surface area contributed by atoms with E-state index in [1.54, 1.807) is 23.5 Å². The topological polar surface area (TPSA) is 123 Å². The predicted octanol–water partition coefficient (Wildman–Crippen LogP) is 0.396. The molecule has 0 amide bonds. The molecule has 0 aliphatic carbocycles. The van der Waals surface area contributed by atoms with Gasteiger partial charge in [0.25, 0.3) is 0 Å². The maximum atomic E-state index is 6.01. The van der Waals surface area contributed by atoms with Gasteiger partial charge in [0.1, 0.15) is 0 Å². The van der Waals surface area contributed by atoms with Crippen molar-refractivity contribution in [3.05, 3.63) is 0 Å². The van der Waals surface area contributed by atoms with Crippen LogP contribution in [-0.4, -0.2) is 66.0 Å². The van der Waals surface area contributed by atoms with Crippen molar-refractivity contribution in [2.24, 2.45) is 0 Å². The number of hydrogen-bond acceptors (Lipinski definition) is 11. The second-order valence-electron chi connectivity index (χ2n) is 4.28. The Bertz CT molecular complexity index is 593. The number of rotatable bonds is 0. The van der Waals surface area contributed by atoms with E-state index in [0.29, 0.717) is 33.8 Å². The molecule has 0 spiro atoms. The Morgan fingerprint density at radius 1 is 0.652 bits per heavy atom. The largest absolute Gasteiger partial charge is 0.380 e. The molecule has 1 aliphatic rings. The summed E-state index contributed by atoms with van der Waals surface area (Å²) in [6.45, 7) is 1.24. The van der Waals surface area contributed by atoms with Gasteiger partial charge in [0.2, 0.25) is 20.6 Å². The Balaban J connectivity index is 1.67. The molecule has 0 radical (unpaired) electrons. The van der Waals surface area contributed by atoms with Crippen molar-refractivity contribution in [2.45, 2.75) is 20.6 Å². The summed E-state index contributed by atoms with van der Waals surface area (Å²) in [5, 5.41) is 19.2. The van der Waals surface area contributed by atoms with Gasteiger partial charge in [-0.1, -0.05) is 47.0 Å². The quantitative estimate of drug-likeness (QED) is 0.605. The second kappa shape index (κ2) is 8.37. The molecule has 0 fully saturated rings. The molecule has 3 heterocycles. The van der Waals surface area contributed by atoms with Crippen molar-refractivity contribution >= 4 is 47.0 Å². The number of thioether (sulfide) groups is 4. The molecule has 0 atom stereocenters. The van der Waals surface area contributed by atoms with E-state index in [4.69, 9.17) is 16.4 Å². The van der Waals surface area contributed by atoms with Crippen LogP contribution in [0, 0.1) is 0 Å². The Morgan fingerprint density at radius 3 is 1.39 bits per heavy atom. The van der Waals surface area contributed by atoms with Gasteiger partial charge in [0.05, 0.1) is 13.2 Å². The van der Waals surface area contributed by atoms with E-state index in [-0.39, 0.29) is 0 Å². The van der Waals surface area contributed by atoms with Crippen LogP contribution in [0.25, 0.3) is 0 Å². The molecule has 23 heavy (non-hydrogen) atoms. The molecule has 13 heteroatoms. The molecule has 0 saturated carbocycles. The molecule has 126 valence electrons. The molecule has 0 saturated heterocycles. The molecule has 0 aromatic carbocycles. The van der Waals surface area contributed by atoms with Crippen molar-refractivity contribution in [3.8, 4) is 0 Å². The van der Waals surface area contributed by atoms with Gasteiger partial charge in [0.15, 0.2) is 0 Å². The van der Waals surface area contributed by atoms with Crippen molar-refractivity contribution in [1.82, 2.24) is 29.7 Å². The van der Waals surface area contributed by atoms with E-state index >= 15 is 0 Å². The van der Waals surface area contributed by atoms with Gasteiger partial charge in [-0.15, -0.1) is 20.4 Å². The fourth-order valence-electron chi connectivity index (χ4n) is 1.67. The molecule has 3 rings (SSSR count). The van der Waals surface area contributed by atoms with E-state index in [9.17, 15) is 0 Å². The highest BCUT2D eigenvalue weighted by Gasteiger charge is 2.13. The number of aromatic nitrogens is 6. The number of ether oxygens (including phenoxy) is 1. The van der Waals surface area contributed by atoms with E-state index < -0.39 is 0 Å². The van der Waals surface area contributed by atoms with Crippen molar-refractivity contribution < 1.29 is 4.74 Å². The third-order valence-corrected chi connectivity index (χ3v) is 6.69. The molecule has 2 aromatic rings. The number of nitrogens with zero attached hydrogens (tertiary/aromatic N) is 6. The lowest BCUT2D eigenvalue weighted by Crippen LogP contribution is -2.12. The minimum absolute atomic E-state index is 0.622. The van der Waals surface area contributed by atoms with Crippen LogP contribution in [0.2, 0.25) is 0 Å². The van der Waals surface area contributed by atoms with E-state index in [1.807, 2.05) is 0 Å². The van der Waals surface area contributed by atoms with Crippen LogP contribution in [0.15, 0.2) is 20.6 Å². The maximum absolute atomic E-state index is 6.01. The van der Waals surface area contributed by atoms with Crippen molar-refractivity contribution in [1.29, 1.82) is 0 Å². The van der Waals surface area contributed by atoms with Gasteiger partial charge in [0, 0.05) is 23.0 Å². The first kappa shape index (κ1) is 17.1. The molecular formula is C10H16N8OS4. The fourth-order valence-corrected chi connectivity index (χ4v) is 4.88. The summed E-state index contributed by atoms with van der Waals surface area (Å²) in [7, 11) is 0. The molecule has 0 unspecified atom stereocenters. The van der Waals surface area contributed by atoms with Crippen molar-refractivity contribution in [2.75, 3.05) is 47.9 Å². The molecule has 1 aliphatic heterocycles. The first-order valence-electron chi connectivity index (χ1n) is 6.75. The maximum Gasteiger partial charge on any atom is 0.210 e. The number of fused-ring (bicyclic) bond motifs is 4. The SMILES string of the molecule is Nn1c2nnc1SCCSc1nnc(n1N)SCCOCCS2. The predicted molar refractivity (Wildman–Crippen MR) is 94.1 cm³/mol. The van der Waals surface area contributed by atoms with Gasteiger partial charge in [-0.2, -0.15) is 0 Å². The van der Waals surface area contributed by atoms with Crippen LogP contribution in [0.5, 0.6) is 0 Å². The minimum Gasteiger partial charge on any atom is -0.380 e. The lowest BCUT2D eigenvalue weighted by atomic mass is 10.8. The Labute approximate surface area is 150 Å². The van der Waals surface area contributed by atoms with Crippen LogP contribution >= 0.6 is 47.0 Å². The highest BCUT2D eigenvalue weighted by molar-refractivity contribution is 8.03. The Hall–Kier alpha value is -0.760. The summed E-state index contributed by atoms with van der Waals surface area (Å²) >= 11 is 6.18. The van der Waals surface area contributed by atoms with Crippen LogP contribution < -0.4 is 11.7 Å². The minimum atomic E-state index is 0.622. The zero-order valence-corrected chi connectivity index (χ0v) is 15.4. The van der Waals surface area contributed by atoms with E-state index in [1.165, 1.54) is 32.9 Å². The first-order chi connectivity index (χ1) is 11.3. The fraction of sp³-hybridized carbons (Fsp3) is 0.600. The second-order valence-corrected chi connectivity index (χ2v) is 8.52. The molecule has 9 nitrogen and oxygen atoms in total. The van der Waals surface area contributed by atoms with Gasteiger partial charge in [-0.25, -0.2) is 9.35 Å². The van der Waals surface area contributed by atoms with Crippen LogP contribution in [0.1, 0.15) is 0 Å². The van der Waals surface area contributed by atoms with Gasteiger partial charge in [-0.3, -0.25) is 0 Å². The van der Waals surface area contributed by atoms with Gasteiger partial charge < -0.3 is 16.4 Å².